The predicted octanol–water partition coefficient (Wildman–Crippen LogP) is 7.30. The molecular formula is C42H58Cl2N4O5S. The van der Waals surface area contributed by atoms with Crippen molar-refractivity contribution in [3.05, 3.63) is 70.3 Å². The maximum Gasteiger partial charge on any atom is 0.264 e. The van der Waals surface area contributed by atoms with Crippen molar-refractivity contribution < 1.29 is 22.7 Å². The molecule has 6 atom stereocenters. The fraction of sp³-hybridized carbons (Fsp3) is 0.643. The Bertz CT molecular complexity index is 1780. The van der Waals surface area contributed by atoms with Crippen LogP contribution in [0.3, 0.4) is 0 Å². The molecule has 5 aliphatic rings. The lowest BCUT2D eigenvalue weighted by atomic mass is 9.63. The molecule has 12 heteroatoms. The first-order valence-electron chi connectivity index (χ1n) is 20.2. The summed E-state index contributed by atoms with van der Waals surface area (Å²) in [7, 11) is -2.19. The number of nitrogens with one attached hydrogen (secondary N) is 1. The third-order valence-corrected chi connectivity index (χ3v) is 15.5. The Kier molecular flexibility index (Phi) is 12.9. The summed E-state index contributed by atoms with van der Waals surface area (Å²) in [6, 6.07) is 11.9. The maximum absolute atomic E-state index is 13.9. The van der Waals surface area contributed by atoms with Crippen LogP contribution in [0.2, 0.25) is 5.02 Å². The van der Waals surface area contributed by atoms with E-state index < -0.39 is 26.8 Å². The number of fused-ring (bicyclic) bond motifs is 4. The largest absolute Gasteiger partial charge is 0.487 e. The fourth-order valence-electron chi connectivity index (χ4n) is 9.84. The zero-order valence-electron chi connectivity index (χ0n) is 32.0. The minimum atomic E-state index is -4.05. The van der Waals surface area contributed by atoms with Crippen LogP contribution >= 0.6 is 23.2 Å². The molecule has 2 bridgehead atoms. The number of carbonyl (C=O) groups is 1. The maximum atomic E-state index is 13.9. The van der Waals surface area contributed by atoms with Crippen LogP contribution in [0.4, 0.5) is 5.69 Å². The van der Waals surface area contributed by atoms with E-state index in [1.807, 2.05) is 44.4 Å². The molecule has 54 heavy (non-hydrogen) atoms. The van der Waals surface area contributed by atoms with Gasteiger partial charge >= 0.3 is 0 Å². The first kappa shape index (κ1) is 39.9. The minimum Gasteiger partial charge on any atom is -0.487 e. The van der Waals surface area contributed by atoms with Gasteiger partial charge in [0.25, 0.3) is 5.91 Å². The van der Waals surface area contributed by atoms with Gasteiger partial charge in [-0.25, -0.2) is 13.1 Å². The van der Waals surface area contributed by atoms with Gasteiger partial charge in [0.1, 0.15) is 18.0 Å². The van der Waals surface area contributed by atoms with Gasteiger partial charge < -0.3 is 14.4 Å². The van der Waals surface area contributed by atoms with Crippen LogP contribution in [0.25, 0.3) is 0 Å². The first-order chi connectivity index (χ1) is 26.1. The normalized spacial score (nSPS) is 31.7. The van der Waals surface area contributed by atoms with E-state index in [-0.39, 0.29) is 29.7 Å². The van der Waals surface area contributed by atoms with Crippen LogP contribution in [0.15, 0.2) is 48.6 Å². The van der Waals surface area contributed by atoms with Crippen LogP contribution in [0.5, 0.6) is 5.75 Å². The average molecular weight is 802 g/mol. The number of nitrogens with zero attached hydrogens (tertiary/aromatic N) is 3. The van der Waals surface area contributed by atoms with E-state index in [2.05, 4.69) is 31.6 Å². The van der Waals surface area contributed by atoms with Gasteiger partial charge in [-0.3, -0.25) is 14.6 Å². The van der Waals surface area contributed by atoms with Crippen LogP contribution in [-0.2, 0) is 27.8 Å². The zero-order valence-corrected chi connectivity index (χ0v) is 34.3. The molecule has 2 aromatic carbocycles. The highest BCUT2D eigenvalue weighted by Crippen LogP contribution is 2.47. The summed E-state index contributed by atoms with van der Waals surface area (Å²) >= 11 is 12.6. The van der Waals surface area contributed by atoms with Gasteiger partial charge in [0.2, 0.25) is 10.0 Å². The molecule has 0 spiro atoms. The topological polar surface area (TPSA) is 91.4 Å². The summed E-state index contributed by atoms with van der Waals surface area (Å²) < 4.78 is 43.6. The molecule has 1 aliphatic carbocycles. The molecule has 0 aromatic heterocycles. The number of amides is 1. The van der Waals surface area contributed by atoms with Gasteiger partial charge in [0.05, 0.1) is 10.9 Å². The Morgan fingerprint density at radius 1 is 0.981 bits per heavy atom. The van der Waals surface area contributed by atoms with Crippen molar-refractivity contribution in [3.8, 4) is 5.75 Å². The molecule has 0 unspecified atom stereocenters. The summed E-state index contributed by atoms with van der Waals surface area (Å²) in [6.45, 7) is 9.03. The lowest BCUT2D eigenvalue weighted by Crippen LogP contribution is -2.61. The van der Waals surface area contributed by atoms with Crippen LogP contribution in [0.1, 0.15) is 86.2 Å². The summed E-state index contributed by atoms with van der Waals surface area (Å²) in [6.07, 6.45) is 14.0. The van der Waals surface area contributed by atoms with Crippen LogP contribution in [0, 0.1) is 17.8 Å². The molecular weight excluding hydrogens is 743 g/mol. The molecule has 296 valence electrons. The highest BCUT2D eigenvalue weighted by molar-refractivity contribution is 7.90. The molecule has 7 rings (SSSR count). The number of hydrogen-bond donors (Lipinski definition) is 1. The van der Waals surface area contributed by atoms with Crippen molar-refractivity contribution >= 4 is 44.8 Å². The van der Waals surface area contributed by atoms with E-state index in [1.165, 1.54) is 31.4 Å². The van der Waals surface area contributed by atoms with Crippen molar-refractivity contribution in [2.24, 2.45) is 17.8 Å². The van der Waals surface area contributed by atoms with Crippen LogP contribution in [-0.4, -0.2) is 99.8 Å². The Morgan fingerprint density at radius 3 is 2.63 bits per heavy atom. The summed E-state index contributed by atoms with van der Waals surface area (Å²) in [5, 5.41) is -0.117. The molecule has 2 aromatic rings. The second-order valence-electron chi connectivity index (χ2n) is 16.4. The number of anilines is 1. The molecule has 0 radical (unpaired) electrons. The molecule has 3 fully saturated rings. The van der Waals surface area contributed by atoms with Gasteiger partial charge in [0, 0.05) is 68.9 Å². The minimum absolute atomic E-state index is 0.174. The molecule has 1 saturated carbocycles. The number of ether oxygens (including phenoxy) is 2. The fourth-order valence-corrected chi connectivity index (χ4v) is 12.1. The van der Waals surface area contributed by atoms with Crippen molar-refractivity contribution in [3.63, 3.8) is 0 Å². The summed E-state index contributed by atoms with van der Waals surface area (Å²) in [5.41, 5.74) is 2.85. The van der Waals surface area contributed by atoms with E-state index >= 15 is 0 Å². The Morgan fingerprint density at radius 2 is 1.83 bits per heavy atom. The van der Waals surface area contributed by atoms with E-state index in [0.717, 1.165) is 87.6 Å². The lowest BCUT2D eigenvalue weighted by molar-refractivity contribution is -0.1000. The number of alkyl halides is 1. The van der Waals surface area contributed by atoms with Gasteiger partial charge in [-0.05, 0) is 124 Å². The standard InChI is InChI=1S/C42H58Cl2N4O5S/c1-30-8-7-18-42(52-2,29-46-22-23-47-20-6-4-10-36(47)27-46)37-15-12-33(37)26-48-21-5-3-9-31-24-35(44)14-11-34(31)28-53-39-16-13-32(25-38(39)48)41(49)45-54(50,51)40(30)17-19-43/h7,11,13-14,16,18,24-25,30,33,36-37,40H,3-6,8-10,12,15,17,19-23,26-29H2,1-2H3,(H,45,49)/b18-7+/t30-,33-,36+,37+,40+,42+/m0/s1. The number of carbonyl (C=O) groups excluding carboxylic acids is 1. The smallest absolute Gasteiger partial charge is 0.264 e. The number of benzene rings is 2. The van der Waals surface area contributed by atoms with Crippen molar-refractivity contribution in [1.29, 1.82) is 0 Å². The van der Waals surface area contributed by atoms with E-state index in [9.17, 15) is 13.2 Å². The number of methoxy groups -OCH3 is 1. The molecule has 2 saturated heterocycles. The Labute approximate surface area is 332 Å². The summed E-state index contributed by atoms with van der Waals surface area (Å²) in [5.74, 6) is 0.559. The molecule has 4 heterocycles. The number of piperidine rings is 1. The number of aryl methyl sites for hydroxylation is 1. The molecule has 1 N–H and O–H groups in total. The number of allylic oxidation sites excluding steroid dienone is 1. The number of sulfonamides is 1. The van der Waals surface area contributed by atoms with E-state index in [4.69, 9.17) is 32.7 Å². The Hall–Kier alpha value is -2.34. The molecule has 9 nitrogen and oxygen atoms in total. The second kappa shape index (κ2) is 17.4. The number of halogens is 2. The predicted molar refractivity (Wildman–Crippen MR) is 217 cm³/mol. The van der Waals surface area contributed by atoms with Crippen molar-refractivity contribution in [2.45, 2.75) is 94.6 Å². The zero-order chi connectivity index (χ0) is 37.9. The lowest BCUT2D eigenvalue weighted by Gasteiger charge is -2.53. The van der Waals surface area contributed by atoms with Gasteiger partial charge in [-0.1, -0.05) is 43.2 Å². The van der Waals surface area contributed by atoms with Gasteiger partial charge in [-0.2, -0.15) is 0 Å². The number of rotatable bonds is 5. The SMILES string of the molecule is CO[C@@]1(CN2CCN3CCCC[C@@H]3C2)/C=C/C[C@H](C)[C@@H](CCCl)S(=O)(=O)NC(=O)c2ccc3c(c2)N(CCCCc2cc(Cl)ccc2CO3)C[C@@H]2CC[C@H]21. The van der Waals surface area contributed by atoms with E-state index in [0.29, 0.717) is 30.7 Å². The van der Waals surface area contributed by atoms with Gasteiger partial charge in [-0.15, -0.1) is 11.6 Å². The highest BCUT2D eigenvalue weighted by Gasteiger charge is 2.49. The van der Waals surface area contributed by atoms with Crippen LogP contribution < -0.4 is 14.4 Å². The van der Waals surface area contributed by atoms with Crippen molar-refractivity contribution in [1.82, 2.24) is 14.5 Å². The first-order valence-corrected chi connectivity index (χ1v) is 22.7. The quantitative estimate of drug-likeness (QED) is 0.249. The Balaban J connectivity index is 1.26. The monoisotopic (exact) mass is 800 g/mol. The molecule has 4 aliphatic heterocycles. The van der Waals surface area contributed by atoms with E-state index in [1.54, 1.807) is 6.07 Å². The summed E-state index contributed by atoms with van der Waals surface area (Å²) in [4.78, 5) is 21.5. The average Bonchev–Trinajstić information content (AvgIpc) is 3.17. The number of piperazine rings is 1. The molecule has 1 amide bonds. The third kappa shape index (κ3) is 8.79. The van der Waals surface area contributed by atoms with Gasteiger partial charge in [0.15, 0.2) is 0 Å². The second-order valence-corrected chi connectivity index (χ2v) is 19.1. The number of hydrogen-bond acceptors (Lipinski definition) is 8. The highest BCUT2D eigenvalue weighted by atomic mass is 35.5. The third-order valence-electron chi connectivity index (χ3n) is 13.1. The van der Waals surface area contributed by atoms with Crippen molar-refractivity contribution in [2.75, 3.05) is 63.7 Å².